The Morgan fingerprint density at radius 2 is 1.91 bits per heavy atom. The van der Waals surface area contributed by atoms with Gasteiger partial charge in [-0.1, -0.05) is 19.3 Å². The van der Waals surface area contributed by atoms with Gasteiger partial charge in [-0.2, -0.15) is 0 Å². The van der Waals surface area contributed by atoms with Gasteiger partial charge in [0.25, 0.3) is 0 Å². The van der Waals surface area contributed by atoms with Crippen LogP contribution in [0.4, 0.5) is 0 Å². The fourth-order valence-corrected chi connectivity index (χ4v) is 1.71. The summed E-state index contributed by atoms with van der Waals surface area (Å²) in [5, 5.41) is 0. The molecule has 0 atom stereocenters. The third kappa shape index (κ3) is 1.73. The molecule has 1 rings (SSSR count). The van der Waals surface area contributed by atoms with Gasteiger partial charge in [-0.3, -0.25) is 4.79 Å². The van der Waals surface area contributed by atoms with Gasteiger partial charge in [0, 0.05) is 0 Å². The predicted octanol–water partition coefficient (Wildman–Crippen LogP) is 2.29. The molecule has 0 aromatic carbocycles. The topological polar surface area (TPSA) is 26.3 Å². The molecule has 63 valence electrons. The molecule has 0 amide bonds. The maximum absolute atomic E-state index is 11.2. The lowest BCUT2D eigenvalue weighted by Gasteiger charge is -2.30. The largest absolute Gasteiger partial charge is 0.462 e. The molecule has 1 fully saturated rings. The average molecular weight is 155 g/mol. The molecule has 1 saturated carbocycles. The first-order valence-electron chi connectivity index (χ1n) is 4.15. The lowest BCUT2D eigenvalue weighted by molar-refractivity contribution is -0.151. The number of carbonyl (C=O) groups is 1. The van der Waals surface area contributed by atoms with E-state index >= 15 is 0 Å². The third-order valence-electron chi connectivity index (χ3n) is 2.58. The summed E-state index contributed by atoms with van der Waals surface area (Å²) in [5.74, 6) is -0.141. The predicted molar refractivity (Wildman–Crippen MR) is 42.6 cm³/mol. The van der Waals surface area contributed by atoms with Crippen LogP contribution in [0.25, 0.3) is 0 Å². The van der Waals surface area contributed by atoms with Gasteiger partial charge in [0.2, 0.25) is 0 Å². The van der Waals surface area contributed by atoms with Crippen molar-refractivity contribution in [1.29, 1.82) is 0 Å². The second-order valence-corrected chi connectivity index (χ2v) is 3.55. The van der Waals surface area contributed by atoms with Crippen LogP contribution in [0.3, 0.4) is 0 Å². The van der Waals surface area contributed by atoms with Crippen LogP contribution in [-0.2, 0) is 9.53 Å². The summed E-state index contributed by atoms with van der Waals surface area (Å²) >= 11 is 0. The maximum atomic E-state index is 11.2. The number of ether oxygens (including phenoxy) is 1. The van der Waals surface area contributed by atoms with Gasteiger partial charge in [0.05, 0.1) is 5.41 Å². The average Bonchev–Trinajstić information content (AvgIpc) is 2.04. The second kappa shape index (κ2) is 3.24. The van der Waals surface area contributed by atoms with Crippen molar-refractivity contribution in [2.75, 3.05) is 0 Å². The Morgan fingerprint density at radius 1 is 1.36 bits per heavy atom. The zero-order valence-electron chi connectivity index (χ0n) is 7.06. The van der Waals surface area contributed by atoms with E-state index in [4.69, 9.17) is 0 Å². The molecule has 0 spiro atoms. The zero-order valence-corrected chi connectivity index (χ0v) is 7.06. The molecule has 2 nitrogen and oxygen atoms in total. The van der Waals surface area contributed by atoms with E-state index in [0.29, 0.717) is 0 Å². The summed E-state index contributed by atoms with van der Waals surface area (Å²) in [5.41, 5.74) is -0.236. The third-order valence-corrected chi connectivity index (χ3v) is 2.58. The van der Waals surface area contributed by atoms with Gasteiger partial charge >= 0.3 is 5.97 Å². The van der Waals surface area contributed by atoms with Crippen LogP contribution in [0.1, 0.15) is 39.0 Å². The van der Waals surface area contributed by atoms with Gasteiger partial charge in [0.15, 0.2) is 0 Å². The van der Waals surface area contributed by atoms with E-state index in [1.54, 1.807) is 0 Å². The van der Waals surface area contributed by atoms with Crippen LogP contribution >= 0.6 is 0 Å². The van der Waals surface area contributed by atoms with Crippen molar-refractivity contribution in [2.24, 2.45) is 5.41 Å². The summed E-state index contributed by atoms with van der Waals surface area (Å²) < 4.78 is 4.50. The van der Waals surface area contributed by atoms with Crippen LogP contribution in [0.15, 0.2) is 0 Å². The fourth-order valence-electron chi connectivity index (χ4n) is 1.71. The highest BCUT2D eigenvalue weighted by molar-refractivity contribution is 5.76. The monoisotopic (exact) mass is 155 g/mol. The normalized spacial score (nSPS) is 22.7. The summed E-state index contributed by atoms with van der Waals surface area (Å²) in [6.07, 6.45) is 5.46. The van der Waals surface area contributed by atoms with Crippen LogP contribution in [0.2, 0.25) is 0 Å². The Balaban J connectivity index is 2.56. The molecular weight excluding hydrogens is 140 g/mol. The highest BCUT2D eigenvalue weighted by atomic mass is 16.5. The summed E-state index contributed by atoms with van der Waals surface area (Å²) in [6, 6.07) is 0. The minimum Gasteiger partial charge on any atom is -0.462 e. The molecular formula is C9H15O2. The van der Waals surface area contributed by atoms with Crippen molar-refractivity contribution in [1.82, 2.24) is 0 Å². The standard InChI is InChI=1S/C9H15O2/c1-9(8(10)11-2)6-4-3-5-7-9/h2-7H2,1H3. The summed E-state index contributed by atoms with van der Waals surface area (Å²) in [4.78, 5) is 11.2. The maximum Gasteiger partial charge on any atom is 0.311 e. The first-order chi connectivity index (χ1) is 5.19. The number of carbonyl (C=O) groups excluding carboxylic acids is 1. The lowest BCUT2D eigenvalue weighted by atomic mass is 9.76. The van der Waals surface area contributed by atoms with Crippen molar-refractivity contribution >= 4 is 5.97 Å². The van der Waals surface area contributed by atoms with E-state index in [2.05, 4.69) is 11.8 Å². The van der Waals surface area contributed by atoms with Gasteiger partial charge in [-0.25, -0.2) is 0 Å². The van der Waals surface area contributed by atoms with E-state index in [0.717, 1.165) is 25.7 Å². The second-order valence-electron chi connectivity index (χ2n) is 3.55. The smallest absolute Gasteiger partial charge is 0.311 e. The van der Waals surface area contributed by atoms with Gasteiger partial charge in [-0.05, 0) is 19.8 Å². The molecule has 1 radical (unpaired) electrons. The van der Waals surface area contributed by atoms with E-state index in [1.807, 2.05) is 6.92 Å². The SMILES string of the molecule is [CH2]OC(=O)C1(C)CCCCC1. The van der Waals surface area contributed by atoms with Crippen molar-refractivity contribution in [2.45, 2.75) is 39.0 Å². The Morgan fingerprint density at radius 3 is 2.36 bits per heavy atom. The molecule has 0 aromatic heterocycles. The minimum atomic E-state index is -0.236. The van der Waals surface area contributed by atoms with Crippen molar-refractivity contribution in [3.05, 3.63) is 7.11 Å². The molecule has 11 heavy (non-hydrogen) atoms. The van der Waals surface area contributed by atoms with Gasteiger partial charge in [0.1, 0.15) is 7.11 Å². The van der Waals surface area contributed by atoms with Crippen molar-refractivity contribution in [3.8, 4) is 0 Å². The first kappa shape index (κ1) is 8.57. The Hall–Kier alpha value is -0.530. The Bertz CT molecular complexity index is 146. The molecule has 1 aliphatic carbocycles. The highest BCUT2D eigenvalue weighted by Gasteiger charge is 2.35. The number of hydrogen-bond acceptors (Lipinski definition) is 2. The van der Waals surface area contributed by atoms with Crippen molar-refractivity contribution < 1.29 is 9.53 Å². The molecule has 0 bridgehead atoms. The lowest BCUT2D eigenvalue weighted by Crippen LogP contribution is -2.30. The van der Waals surface area contributed by atoms with Crippen LogP contribution < -0.4 is 0 Å². The van der Waals surface area contributed by atoms with Gasteiger partial charge < -0.3 is 4.74 Å². The number of hydrogen-bond donors (Lipinski definition) is 0. The molecule has 0 heterocycles. The van der Waals surface area contributed by atoms with E-state index in [9.17, 15) is 4.79 Å². The fraction of sp³-hybridized carbons (Fsp3) is 0.778. The van der Waals surface area contributed by atoms with Gasteiger partial charge in [-0.15, -0.1) is 0 Å². The number of rotatable bonds is 1. The molecule has 1 aliphatic rings. The number of esters is 1. The van der Waals surface area contributed by atoms with Crippen LogP contribution in [-0.4, -0.2) is 5.97 Å². The molecule has 0 aliphatic heterocycles. The molecule has 0 unspecified atom stereocenters. The quantitative estimate of drug-likeness (QED) is 0.543. The van der Waals surface area contributed by atoms with Crippen molar-refractivity contribution in [3.63, 3.8) is 0 Å². The van der Waals surface area contributed by atoms with E-state index in [1.165, 1.54) is 6.42 Å². The molecule has 0 aromatic rings. The zero-order chi connectivity index (χ0) is 8.32. The Kier molecular flexibility index (Phi) is 2.53. The summed E-state index contributed by atoms with van der Waals surface area (Å²) in [7, 11) is 3.16. The van der Waals surface area contributed by atoms with Crippen LogP contribution in [0.5, 0.6) is 0 Å². The van der Waals surface area contributed by atoms with E-state index in [-0.39, 0.29) is 11.4 Å². The molecule has 0 N–H and O–H groups in total. The van der Waals surface area contributed by atoms with E-state index < -0.39 is 0 Å². The minimum absolute atomic E-state index is 0.141. The summed E-state index contributed by atoms with van der Waals surface area (Å²) in [6.45, 7) is 1.97. The Labute approximate surface area is 67.9 Å². The molecule has 2 heteroatoms. The highest BCUT2D eigenvalue weighted by Crippen LogP contribution is 2.36. The molecule has 0 saturated heterocycles. The first-order valence-corrected chi connectivity index (χ1v) is 4.15. The van der Waals surface area contributed by atoms with Crippen LogP contribution in [0, 0.1) is 12.5 Å².